The first-order valence-corrected chi connectivity index (χ1v) is 4.50. The standard InChI is InChI=1S/C8H7N5O4/c1-4-2-5(12-17-4)11-7-6(13(15)16)8(14)10-3-9-7/h2-3H,1H3,(H2,9,10,11,12,14). The maximum atomic E-state index is 11.3. The SMILES string of the molecule is Cc1cc(Nc2nc[nH]c(=O)c2[N+](=O)[O-])no1. The van der Waals surface area contributed by atoms with Crippen molar-refractivity contribution in [2.75, 3.05) is 5.32 Å². The predicted molar refractivity (Wildman–Crippen MR) is 56.0 cm³/mol. The van der Waals surface area contributed by atoms with Gasteiger partial charge in [0.25, 0.3) is 0 Å². The van der Waals surface area contributed by atoms with E-state index in [1.165, 1.54) is 6.07 Å². The third-order valence-electron chi connectivity index (χ3n) is 1.89. The molecule has 0 amide bonds. The van der Waals surface area contributed by atoms with Crippen molar-refractivity contribution in [2.24, 2.45) is 0 Å². The molecule has 0 saturated carbocycles. The summed E-state index contributed by atoms with van der Waals surface area (Å²) in [5.41, 5.74) is -1.51. The molecule has 2 heterocycles. The fourth-order valence-corrected chi connectivity index (χ4v) is 1.20. The van der Waals surface area contributed by atoms with E-state index in [1.807, 2.05) is 0 Å². The summed E-state index contributed by atoms with van der Waals surface area (Å²) in [6.07, 6.45) is 1.06. The molecule has 0 spiro atoms. The van der Waals surface area contributed by atoms with Crippen LogP contribution in [0.4, 0.5) is 17.3 Å². The van der Waals surface area contributed by atoms with Crippen LogP contribution in [-0.2, 0) is 0 Å². The van der Waals surface area contributed by atoms with E-state index < -0.39 is 16.2 Å². The zero-order valence-electron chi connectivity index (χ0n) is 8.63. The van der Waals surface area contributed by atoms with Gasteiger partial charge in [0, 0.05) is 6.07 Å². The van der Waals surface area contributed by atoms with Crippen LogP contribution in [0.15, 0.2) is 21.7 Å². The first-order valence-electron chi connectivity index (χ1n) is 4.50. The zero-order valence-corrected chi connectivity index (χ0v) is 8.63. The molecule has 0 aromatic carbocycles. The highest BCUT2D eigenvalue weighted by atomic mass is 16.6. The van der Waals surface area contributed by atoms with E-state index >= 15 is 0 Å². The van der Waals surface area contributed by atoms with Gasteiger partial charge in [-0.1, -0.05) is 5.16 Å². The third-order valence-corrected chi connectivity index (χ3v) is 1.89. The summed E-state index contributed by atoms with van der Waals surface area (Å²) < 4.78 is 4.77. The first kappa shape index (κ1) is 10.8. The molecular formula is C8H7N5O4. The Bertz CT molecular complexity index is 616. The molecule has 0 aliphatic heterocycles. The minimum absolute atomic E-state index is 0.188. The second-order valence-corrected chi connectivity index (χ2v) is 3.13. The van der Waals surface area contributed by atoms with E-state index in [0.717, 1.165) is 6.33 Å². The van der Waals surface area contributed by atoms with Gasteiger partial charge >= 0.3 is 11.2 Å². The highest BCUT2D eigenvalue weighted by Gasteiger charge is 2.21. The monoisotopic (exact) mass is 237 g/mol. The molecule has 2 aromatic rings. The summed E-state index contributed by atoms with van der Waals surface area (Å²) in [6, 6.07) is 1.52. The normalized spacial score (nSPS) is 10.2. The summed E-state index contributed by atoms with van der Waals surface area (Å²) in [7, 11) is 0. The number of aromatic amines is 1. The van der Waals surface area contributed by atoms with Crippen molar-refractivity contribution >= 4 is 17.3 Å². The highest BCUT2D eigenvalue weighted by molar-refractivity contribution is 5.61. The Kier molecular flexibility index (Phi) is 2.57. The summed E-state index contributed by atoms with van der Waals surface area (Å²) in [5, 5.41) is 16.8. The van der Waals surface area contributed by atoms with Crippen molar-refractivity contribution in [3.63, 3.8) is 0 Å². The Morgan fingerprint density at radius 1 is 1.59 bits per heavy atom. The van der Waals surface area contributed by atoms with Crippen molar-refractivity contribution in [1.29, 1.82) is 0 Å². The Balaban J connectivity index is 2.42. The van der Waals surface area contributed by atoms with Gasteiger partial charge in [0.2, 0.25) is 5.82 Å². The van der Waals surface area contributed by atoms with Gasteiger partial charge in [-0.2, -0.15) is 0 Å². The van der Waals surface area contributed by atoms with Gasteiger partial charge in [-0.25, -0.2) is 4.98 Å². The van der Waals surface area contributed by atoms with Gasteiger partial charge < -0.3 is 14.8 Å². The van der Waals surface area contributed by atoms with Gasteiger partial charge in [-0.15, -0.1) is 0 Å². The highest BCUT2D eigenvalue weighted by Crippen LogP contribution is 2.20. The minimum Gasteiger partial charge on any atom is -0.360 e. The van der Waals surface area contributed by atoms with Crippen LogP contribution >= 0.6 is 0 Å². The number of rotatable bonds is 3. The molecular weight excluding hydrogens is 230 g/mol. The molecule has 0 unspecified atom stereocenters. The number of aromatic nitrogens is 3. The van der Waals surface area contributed by atoms with Crippen LogP contribution in [-0.4, -0.2) is 20.0 Å². The van der Waals surface area contributed by atoms with E-state index in [9.17, 15) is 14.9 Å². The smallest absolute Gasteiger partial charge is 0.360 e. The van der Waals surface area contributed by atoms with Crippen LogP contribution in [0.2, 0.25) is 0 Å². The number of hydrogen-bond acceptors (Lipinski definition) is 7. The molecule has 0 aliphatic carbocycles. The predicted octanol–water partition coefficient (Wildman–Crippen LogP) is 0.718. The van der Waals surface area contributed by atoms with Gasteiger partial charge in [-0.3, -0.25) is 14.9 Å². The molecule has 9 nitrogen and oxygen atoms in total. The second-order valence-electron chi connectivity index (χ2n) is 3.13. The van der Waals surface area contributed by atoms with E-state index in [4.69, 9.17) is 4.52 Å². The summed E-state index contributed by atoms with van der Waals surface area (Å²) >= 11 is 0. The molecule has 2 N–H and O–H groups in total. The summed E-state index contributed by atoms with van der Waals surface area (Å²) in [6.45, 7) is 1.66. The molecule has 9 heteroatoms. The van der Waals surface area contributed by atoms with Crippen molar-refractivity contribution in [3.8, 4) is 0 Å². The van der Waals surface area contributed by atoms with E-state index in [2.05, 4.69) is 20.4 Å². The Hall–Kier alpha value is -2.71. The Morgan fingerprint density at radius 3 is 2.94 bits per heavy atom. The van der Waals surface area contributed by atoms with Crippen LogP contribution in [0, 0.1) is 17.0 Å². The maximum Gasteiger partial charge on any atom is 0.376 e. The van der Waals surface area contributed by atoms with Gasteiger partial charge in [0.1, 0.15) is 5.76 Å². The summed E-state index contributed by atoms with van der Waals surface area (Å²) in [5.74, 6) is 0.579. The molecule has 0 saturated heterocycles. The minimum atomic E-state index is -0.840. The lowest BCUT2D eigenvalue weighted by Gasteiger charge is -2.00. The Morgan fingerprint density at radius 2 is 2.35 bits per heavy atom. The number of nitrogens with one attached hydrogen (secondary N) is 2. The van der Waals surface area contributed by atoms with Crippen LogP contribution in [0.1, 0.15) is 5.76 Å². The van der Waals surface area contributed by atoms with Crippen LogP contribution < -0.4 is 10.9 Å². The van der Waals surface area contributed by atoms with Crippen molar-refractivity contribution in [1.82, 2.24) is 15.1 Å². The number of nitro groups is 1. The average Bonchev–Trinajstić information content (AvgIpc) is 2.63. The molecule has 17 heavy (non-hydrogen) atoms. The summed E-state index contributed by atoms with van der Waals surface area (Å²) in [4.78, 5) is 26.9. The van der Waals surface area contributed by atoms with E-state index in [0.29, 0.717) is 5.76 Å². The van der Waals surface area contributed by atoms with Crippen LogP contribution in [0.5, 0.6) is 0 Å². The molecule has 2 rings (SSSR count). The van der Waals surface area contributed by atoms with Gasteiger partial charge in [0.05, 0.1) is 11.3 Å². The van der Waals surface area contributed by atoms with Crippen LogP contribution in [0.25, 0.3) is 0 Å². The quantitative estimate of drug-likeness (QED) is 0.594. The number of anilines is 2. The number of H-pyrrole nitrogens is 1. The number of aryl methyl sites for hydroxylation is 1. The van der Waals surface area contributed by atoms with E-state index in [-0.39, 0.29) is 11.6 Å². The lowest BCUT2D eigenvalue weighted by atomic mass is 10.4. The van der Waals surface area contributed by atoms with Gasteiger partial charge in [0.15, 0.2) is 5.82 Å². The number of hydrogen-bond donors (Lipinski definition) is 2. The number of nitrogens with zero attached hydrogens (tertiary/aromatic N) is 3. The van der Waals surface area contributed by atoms with E-state index in [1.54, 1.807) is 6.92 Å². The first-order chi connectivity index (χ1) is 8.08. The molecule has 0 fully saturated rings. The largest absolute Gasteiger partial charge is 0.376 e. The van der Waals surface area contributed by atoms with Crippen molar-refractivity contribution < 1.29 is 9.45 Å². The molecule has 0 radical (unpaired) electrons. The van der Waals surface area contributed by atoms with Crippen molar-refractivity contribution in [3.05, 3.63) is 38.6 Å². The lowest BCUT2D eigenvalue weighted by Crippen LogP contribution is -2.14. The fraction of sp³-hybridized carbons (Fsp3) is 0.125. The lowest BCUT2D eigenvalue weighted by molar-refractivity contribution is -0.385. The van der Waals surface area contributed by atoms with Crippen LogP contribution in [0.3, 0.4) is 0 Å². The Labute approximate surface area is 93.6 Å². The maximum absolute atomic E-state index is 11.3. The van der Waals surface area contributed by atoms with Crippen molar-refractivity contribution in [2.45, 2.75) is 6.92 Å². The third kappa shape index (κ3) is 2.12. The molecule has 0 aliphatic rings. The molecule has 88 valence electrons. The average molecular weight is 237 g/mol. The zero-order chi connectivity index (χ0) is 12.4. The topological polar surface area (TPSA) is 127 Å². The second kappa shape index (κ2) is 4.04. The van der Waals surface area contributed by atoms with Gasteiger partial charge in [-0.05, 0) is 6.92 Å². The molecule has 0 bridgehead atoms. The fourth-order valence-electron chi connectivity index (χ4n) is 1.20. The molecule has 0 atom stereocenters. The molecule has 2 aromatic heterocycles.